The van der Waals surface area contributed by atoms with Crippen LogP contribution in [0.2, 0.25) is 5.02 Å². The number of hydrogen-bond donors (Lipinski definition) is 1. The summed E-state index contributed by atoms with van der Waals surface area (Å²) in [6.07, 6.45) is 0. The first kappa shape index (κ1) is 15.7. The zero-order valence-electron chi connectivity index (χ0n) is 13.8. The van der Waals surface area contributed by atoms with Crippen molar-refractivity contribution < 1.29 is 9.21 Å². The average molecular weight is 354 g/mol. The summed E-state index contributed by atoms with van der Waals surface area (Å²) in [4.78, 5) is 22.0. The highest BCUT2D eigenvalue weighted by atomic mass is 35.5. The van der Waals surface area contributed by atoms with E-state index in [-0.39, 0.29) is 5.91 Å². The number of halogens is 1. The second kappa shape index (κ2) is 5.93. The van der Waals surface area contributed by atoms with E-state index in [1.807, 2.05) is 37.3 Å². The van der Waals surface area contributed by atoms with E-state index in [2.05, 4.69) is 9.97 Å². The number of furan rings is 1. The fraction of sp³-hybridized carbons (Fsp3) is 0.158. The lowest BCUT2D eigenvalue weighted by Crippen LogP contribution is -2.26. The molecule has 1 N–H and O–H groups in total. The Morgan fingerprint density at radius 2 is 2.08 bits per heavy atom. The van der Waals surface area contributed by atoms with Gasteiger partial charge in [0.15, 0.2) is 0 Å². The number of hydrogen-bond acceptors (Lipinski definition) is 3. The molecule has 2 heterocycles. The average Bonchev–Trinajstić information content (AvgIpc) is 3.14. The standard InChI is InChI=1S/C19H16ClN3O2/c1-11-7-13-8-12(3-6-17(13)25-11)19(24)23(2)10-18-21-15-5-4-14(20)9-16(15)22-18/h3-9H,10H2,1-2H3,(H,21,22). The third-order valence-electron chi connectivity index (χ3n) is 4.11. The molecule has 0 aliphatic carbocycles. The summed E-state index contributed by atoms with van der Waals surface area (Å²) in [7, 11) is 1.76. The molecule has 5 nitrogen and oxygen atoms in total. The van der Waals surface area contributed by atoms with Crippen molar-refractivity contribution in [3.63, 3.8) is 0 Å². The molecule has 0 fully saturated rings. The van der Waals surface area contributed by atoms with Crippen molar-refractivity contribution in [1.29, 1.82) is 0 Å². The second-order valence-electron chi connectivity index (χ2n) is 6.12. The van der Waals surface area contributed by atoms with Crippen LogP contribution in [0.3, 0.4) is 0 Å². The van der Waals surface area contributed by atoms with Gasteiger partial charge in [0.2, 0.25) is 0 Å². The van der Waals surface area contributed by atoms with Gasteiger partial charge in [-0.1, -0.05) is 11.6 Å². The summed E-state index contributed by atoms with van der Waals surface area (Å²) >= 11 is 5.99. The van der Waals surface area contributed by atoms with Crippen molar-refractivity contribution >= 4 is 39.5 Å². The molecule has 0 radical (unpaired) electrons. The minimum absolute atomic E-state index is 0.0701. The van der Waals surface area contributed by atoms with Crippen LogP contribution in [-0.2, 0) is 6.54 Å². The molecule has 2 aromatic heterocycles. The number of imidazole rings is 1. The molecule has 6 heteroatoms. The predicted octanol–water partition coefficient (Wildman–Crippen LogP) is 4.54. The van der Waals surface area contributed by atoms with Crippen molar-refractivity contribution in [2.75, 3.05) is 7.05 Å². The lowest BCUT2D eigenvalue weighted by atomic mass is 10.1. The van der Waals surface area contributed by atoms with Crippen LogP contribution in [0.25, 0.3) is 22.0 Å². The fourth-order valence-electron chi connectivity index (χ4n) is 2.94. The Morgan fingerprint density at radius 1 is 1.24 bits per heavy atom. The number of nitrogens with zero attached hydrogens (tertiary/aromatic N) is 2. The normalized spacial score (nSPS) is 11.3. The van der Waals surface area contributed by atoms with E-state index in [1.165, 1.54) is 0 Å². The van der Waals surface area contributed by atoms with Crippen LogP contribution in [0.1, 0.15) is 21.9 Å². The third-order valence-corrected chi connectivity index (χ3v) is 4.35. The van der Waals surface area contributed by atoms with Crippen LogP contribution in [0.5, 0.6) is 0 Å². The van der Waals surface area contributed by atoms with Gasteiger partial charge in [0, 0.05) is 23.0 Å². The summed E-state index contributed by atoms with van der Waals surface area (Å²) in [6, 6.07) is 12.9. The first-order valence-corrected chi connectivity index (χ1v) is 8.27. The molecule has 2 aromatic carbocycles. The highest BCUT2D eigenvalue weighted by molar-refractivity contribution is 6.31. The fourth-order valence-corrected chi connectivity index (χ4v) is 3.11. The van der Waals surface area contributed by atoms with Crippen molar-refractivity contribution in [3.05, 3.63) is 64.6 Å². The highest BCUT2D eigenvalue weighted by Gasteiger charge is 2.15. The summed E-state index contributed by atoms with van der Waals surface area (Å²) < 4.78 is 5.55. The minimum Gasteiger partial charge on any atom is -0.461 e. The Hall–Kier alpha value is -2.79. The SMILES string of the molecule is Cc1cc2cc(C(=O)N(C)Cc3nc4ccc(Cl)cc4[nH]3)ccc2o1. The van der Waals surface area contributed by atoms with Crippen molar-refractivity contribution in [2.45, 2.75) is 13.5 Å². The molecule has 126 valence electrons. The summed E-state index contributed by atoms with van der Waals surface area (Å²) in [5, 5.41) is 1.57. The summed E-state index contributed by atoms with van der Waals surface area (Å²) in [5.74, 6) is 1.47. The van der Waals surface area contributed by atoms with E-state index in [0.29, 0.717) is 23.0 Å². The Balaban J connectivity index is 1.57. The number of carbonyl (C=O) groups excluding carboxylic acids is 1. The Bertz CT molecular complexity index is 1100. The molecule has 0 aliphatic heterocycles. The Kier molecular flexibility index (Phi) is 3.73. The number of carbonyl (C=O) groups is 1. The van der Waals surface area contributed by atoms with Gasteiger partial charge in [-0.2, -0.15) is 0 Å². The van der Waals surface area contributed by atoms with Crippen LogP contribution < -0.4 is 0 Å². The van der Waals surface area contributed by atoms with Crippen LogP contribution in [0.15, 0.2) is 46.9 Å². The van der Waals surface area contributed by atoms with Crippen molar-refractivity contribution in [2.24, 2.45) is 0 Å². The van der Waals surface area contributed by atoms with Crippen LogP contribution >= 0.6 is 11.6 Å². The first-order chi connectivity index (χ1) is 12.0. The van der Waals surface area contributed by atoms with Gasteiger partial charge in [0.25, 0.3) is 5.91 Å². The van der Waals surface area contributed by atoms with E-state index in [1.54, 1.807) is 24.1 Å². The maximum atomic E-state index is 12.7. The molecule has 1 amide bonds. The molecular formula is C19H16ClN3O2. The van der Waals surface area contributed by atoms with E-state index >= 15 is 0 Å². The van der Waals surface area contributed by atoms with Gasteiger partial charge in [-0.25, -0.2) is 4.98 Å². The zero-order valence-corrected chi connectivity index (χ0v) is 14.6. The number of benzene rings is 2. The Morgan fingerprint density at radius 3 is 2.92 bits per heavy atom. The lowest BCUT2D eigenvalue weighted by molar-refractivity contribution is 0.0782. The lowest BCUT2D eigenvalue weighted by Gasteiger charge is -2.15. The molecule has 4 aromatic rings. The van der Waals surface area contributed by atoms with Gasteiger partial charge in [0.05, 0.1) is 17.6 Å². The molecule has 0 saturated heterocycles. The van der Waals surface area contributed by atoms with Crippen molar-refractivity contribution in [3.8, 4) is 0 Å². The summed E-state index contributed by atoms with van der Waals surface area (Å²) in [6.45, 7) is 2.27. The maximum absolute atomic E-state index is 12.7. The number of aromatic nitrogens is 2. The molecule has 4 rings (SSSR count). The van der Waals surface area contributed by atoms with E-state index in [0.717, 1.165) is 27.8 Å². The van der Waals surface area contributed by atoms with Gasteiger partial charge in [0.1, 0.15) is 17.2 Å². The van der Waals surface area contributed by atoms with Gasteiger partial charge >= 0.3 is 0 Å². The van der Waals surface area contributed by atoms with Gasteiger partial charge in [-0.15, -0.1) is 0 Å². The number of aryl methyl sites for hydroxylation is 1. The smallest absolute Gasteiger partial charge is 0.254 e. The second-order valence-corrected chi connectivity index (χ2v) is 6.55. The molecule has 0 spiro atoms. The Labute approximate surface area is 149 Å². The van der Waals surface area contributed by atoms with E-state index in [4.69, 9.17) is 16.0 Å². The van der Waals surface area contributed by atoms with Gasteiger partial charge in [-0.3, -0.25) is 4.79 Å². The number of amides is 1. The minimum atomic E-state index is -0.0701. The molecule has 0 unspecified atom stereocenters. The van der Waals surface area contributed by atoms with E-state index < -0.39 is 0 Å². The van der Waals surface area contributed by atoms with E-state index in [9.17, 15) is 4.79 Å². The zero-order chi connectivity index (χ0) is 17.6. The van der Waals surface area contributed by atoms with Crippen LogP contribution in [0, 0.1) is 6.92 Å². The van der Waals surface area contributed by atoms with Gasteiger partial charge < -0.3 is 14.3 Å². The predicted molar refractivity (Wildman–Crippen MR) is 97.9 cm³/mol. The quantitative estimate of drug-likeness (QED) is 0.588. The topological polar surface area (TPSA) is 62.1 Å². The van der Waals surface area contributed by atoms with Gasteiger partial charge in [-0.05, 0) is 49.4 Å². The maximum Gasteiger partial charge on any atom is 0.254 e. The van der Waals surface area contributed by atoms with Crippen LogP contribution in [-0.4, -0.2) is 27.8 Å². The summed E-state index contributed by atoms with van der Waals surface area (Å²) in [5.41, 5.74) is 3.09. The molecular weight excluding hydrogens is 338 g/mol. The number of aromatic amines is 1. The number of fused-ring (bicyclic) bond motifs is 2. The number of rotatable bonds is 3. The highest BCUT2D eigenvalue weighted by Crippen LogP contribution is 2.22. The number of H-pyrrole nitrogens is 1. The molecule has 0 atom stereocenters. The van der Waals surface area contributed by atoms with Crippen LogP contribution in [0.4, 0.5) is 0 Å². The number of nitrogens with one attached hydrogen (secondary N) is 1. The molecule has 0 saturated carbocycles. The molecule has 0 aliphatic rings. The monoisotopic (exact) mass is 353 g/mol. The molecule has 0 bridgehead atoms. The molecule has 25 heavy (non-hydrogen) atoms. The van der Waals surface area contributed by atoms with Crippen molar-refractivity contribution in [1.82, 2.24) is 14.9 Å². The first-order valence-electron chi connectivity index (χ1n) is 7.89. The largest absolute Gasteiger partial charge is 0.461 e. The third kappa shape index (κ3) is 2.98.